The summed E-state index contributed by atoms with van der Waals surface area (Å²) in [6.45, 7) is 8.02. The van der Waals surface area contributed by atoms with Gasteiger partial charge in [-0.25, -0.2) is 4.79 Å². The molecule has 0 aliphatic heterocycles. The molecule has 0 rings (SSSR count). The monoisotopic (exact) mass is 269 g/mol. The Morgan fingerprint density at radius 2 is 1.84 bits per heavy atom. The highest BCUT2D eigenvalue weighted by Gasteiger charge is 2.19. The summed E-state index contributed by atoms with van der Waals surface area (Å²) in [4.78, 5) is 22.5. The van der Waals surface area contributed by atoms with Crippen molar-refractivity contribution in [2.24, 2.45) is 5.41 Å². The van der Waals surface area contributed by atoms with E-state index < -0.39 is 12.0 Å². The molecular formula is C15H27NO3. The number of carbonyl (C=O) groups excluding carboxylic acids is 2. The average molecular weight is 269 g/mol. The Hall–Kier alpha value is -1.32. The molecule has 0 aliphatic rings. The average Bonchev–Trinajstić information content (AvgIpc) is 2.40. The summed E-state index contributed by atoms with van der Waals surface area (Å²) < 4.78 is 4.67. The zero-order chi connectivity index (χ0) is 14.9. The molecule has 0 aromatic heterocycles. The van der Waals surface area contributed by atoms with Gasteiger partial charge in [0.2, 0.25) is 5.91 Å². The fourth-order valence-electron chi connectivity index (χ4n) is 1.74. The maximum Gasteiger partial charge on any atom is 0.328 e. The van der Waals surface area contributed by atoms with Crippen molar-refractivity contribution >= 4 is 11.9 Å². The Labute approximate surface area is 116 Å². The number of methoxy groups -OCH3 is 1. The molecule has 0 aromatic carbocycles. The second-order valence-corrected chi connectivity index (χ2v) is 5.21. The minimum absolute atomic E-state index is 0.226. The number of rotatable bonds is 8. The van der Waals surface area contributed by atoms with E-state index in [1.807, 2.05) is 6.08 Å². The molecule has 0 bridgehead atoms. The molecule has 0 saturated carbocycles. The van der Waals surface area contributed by atoms with Crippen LogP contribution in [0.25, 0.3) is 0 Å². The molecule has 0 radical (unpaired) electrons. The van der Waals surface area contributed by atoms with Gasteiger partial charge in [-0.2, -0.15) is 0 Å². The molecule has 0 saturated heterocycles. The summed E-state index contributed by atoms with van der Waals surface area (Å²) in [7, 11) is 1.33. The van der Waals surface area contributed by atoms with Gasteiger partial charge >= 0.3 is 5.97 Å². The first-order chi connectivity index (χ1) is 8.88. The lowest BCUT2D eigenvalue weighted by atomic mass is 9.81. The molecule has 4 nitrogen and oxygen atoms in total. The van der Waals surface area contributed by atoms with Gasteiger partial charge in [0.05, 0.1) is 7.11 Å². The number of nitrogens with one attached hydrogen (secondary N) is 1. The third-order valence-electron chi connectivity index (χ3n) is 3.72. The molecule has 110 valence electrons. The summed E-state index contributed by atoms with van der Waals surface area (Å²) in [5.74, 6) is -0.635. The SMILES string of the molecule is CCC(C)(CC)CC=CC[C@H](NC(C)=O)C(=O)OC. The second-order valence-electron chi connectivity index (χ2n) is 5.21. The van der Waals surface area contributed by atoms with Crippen LogP contribution in [-0.2, 0) is 14.3 Å². The van der Waals surface area contributed by atoms with Gasteiger partial charge in [-0.15, -0.1) is 0 Å². The molecule has 0 spiro atoms. The largest absolute Gasteiger partial charge is 0.467 e. The van der Waals surface area contributed by atoms with E-state index in [9.17, 15) is 9.59 Å². The maximum absolute atomic E-state index is 11.5. The van der Waals surface area contributed by atoms with Crippen molar-refractivity contribution in [1.29, 1.82) is 0 Å². The molecule has 0 aromatic rings. The predicted octanol–water partition coefficient (Wildman–Crippen LogP) is 2.83. The maximum atomic E-state index is 11.5. The molecule has 0 unspecified atom stereocenters. The van der Waals surface area contributed by atoms with Gasteiger partial charge in [0.1, 0.15) is 6.04 Å². The van der Waals surface area contributed by atoms with Crippen molar-refractivity contribution in [3.05, 3.63) is 12.2 Å². The molecule has 4 heteroatoms. The van der Waals surface area contributed by atoms with Crippen LogP contribution in [0.3, 0.4) is 0 Å². The van der Waals surface area contributed by atoms with Crippen LogP contribution in [0.4, 0.5) is 0 Å². The number of hydrogen-bond donors (Lipinski definition) is 1. The molecule has 1 amide bonds. The molecule has 1 atom stereocenters. The summed E-state index contributed by atoms with van der Waals surface area (Å²) in [6.07, 6.45) is 7.73. The highest BCUT2D eigenvalue weighted by molar-refractivity contribution is 5.83. The summed E-state index contributed by atoms with van der Waals surface area (Å²) >= 11 is 0. The number of allylic oxidation sites excluding steroid dienone is 1. The molecule has 0 heterocycles. The molecule has 19 heavy (non-hydrogen) atoms. The van der Waals surface area contributed by atoms with Crippen LogP contribution in [0.1, 0.15) is 53.4 Å². The van der Waals surface area contributed by atoms with Gasteiger partial charge in [0.25, 0.3) is 0 Å². The van der Waals surface area contributed by atoms with E-state index in [0.717, 1.165) is 19.3 Å². The lowest BCUT2D eigenvalue weighted by Gasteiger charge is -2.24. The summed E-state index contributed by atoms with van der Waals surface area (Å²) in [6, 6.07) is -0.590. The van der Waals surface area contributed by atoms with Crippen molar-refractivity contribution in [2.45, 2.75) is 59.4 Å². The fourth-order valence-corrected chi connectivity index (χ4v) is 1.74. The van der Waals surface area contributed by atoms with Gasteiger partial charge in [-0.05, 0) is 18.3 Å². The normalized spacial score (nSPS) is 13.3. The standard InChI is InChI=1S/C15H27NO3/c1-6-15(4,7-2)11-9-8-10-13(14(18)19-5)16-12(3)17/h8-9,13H,6-7,10-11H2,1-5H3,(H,16,17)/t13-/m0/s1. The van der Waals surface area contributed by atoms with E-state index in [1.54, 1.807) is 0 Å². The van der Waals surface area contributed by atoms with E-state index in [0.29, 0.717) is 11.8 Å². The van der Waals surface area contributed by atoms with E-state index in [4.69, 9.17) is 0 Å². The zero-order valence-corrected chi connectivity index (χ0v) is 12.8. The minimum Gasteiger partial charge on any atom is -0.467 e. The molecular weight excluding hydrogens is 242 g/mol. The highest BCUT2D eigenvalue weighted by Crippen LogP contribution is 2.29. The quantitative estimate of drug-likeness (QED) is 0.544. The van der Waals surface area contributed by atoms with E-state index >= 15 is 0 Å². The Balaban J connectivity index is 4.39. The highest BCUT2D eigenvalue weighted by atomic mass is 16.5. The molecule has 0 fully saturated rings. The predicted molar refractivity (Wildman–Crippen MR) is 76.7 cm³/mol. The molecule has 0 aliphatic carbocycles. The van der Waals surface area contributed by atoms with Crippen molar-refractivity contribution in [2.75, 3.05) is 7.11 Å². The number of hydrogen-bond acceptors (Lipinski definition) is 3. The van der Waals surface area contributed by atoms with Gasteiger partial charge in [0, 0.05) is 6.92 Å². The van der Waals surface area contributed by atoms with Crippen LogP contribution in [-0.4, -0.2) is 25.0 Å². The Bertz CT molecular complexity index is 319. The third kappa shape index (κ3) is 6.99. The first-order valence-electron chi connectivity index (χ1n) is 6.88. The topological polar surface area (TPSA) is 55.4 Å². The Kier molecular flexibility index (Phi) is 8.12. The van der Waals surface area contributed by atoms with Crippen LogP contribution in [0, 0.1) is 5.41 Å². The van der Waals surface area contributed by atoms with Crippen molar-refractivity contribution in [3.63, 3.8) is 0 Å². The van der Waals surface area contributed by atoms with Crippen molar-refractivity contribution in [1.82, 2.24) is 5.32 Å². The Morgan fingerprint density at radius 3 is 2.26 bits per heavy atom. The first-order valence-corrected chi connectivity index (χ1v) is 6.88. The summed E-state index contributed by atoms with van der Waals surface area (Å²) in [5, 5.41) is 2.59. The van der Waals surface area contributed by atoms with E-state index in [2.05, 4.69) is 36.9 Å². The number of amides is 1. The van der Waals surface area contributed by atoms with Crippen LogP contribution < -0.4 is 5.32 Å². The van der Waals surface area contributed by atoms with Crippen LogP contribution >= 0.6 is 0 Å². The number of carbonyl (C=O) groups is 2. The van der Waals surface area contributed by atoms with Gasteiger partial charge < -0.3 is 10.1 Å². The number of ether oxygens (including phenoxy) is 1. The van der Waals surface area contributed by atoms with Crippen LogP contribution in [0.2, 0.25) is 0 Å². The summed E-state index contributed by atoms with van der Waals surface area (Å²) in [5.41, 5.74) is 0.311. The Morgan fingerprint density at radius 1 is 1.26 bits per heavy atom. The first kappa shape index (κ1) is 17.7. The van der Waals surface area contributed by atoms with Crippen molar-refractivity contribution < 1.29 is 14.3 Å². The third-order valence-corrected chi connectivity index (χ3v) is 3.72. The van der Waals surface area contributed by atoms with Crippen molar-refractivity contribution in [3.8, 4) is 0 Å². The lowest BCUT2D eigenvalue weighted by Crippen LogP contribution is -2.39. The zero-order valence-electron chi connectivity index (χ0n) is 12.8. The number of esters is 1. The minimum atomic E-state index is -0.590. The van der Waals surface area contributed by atoms with Crippen LogP contribution in [0.15, 0.2) is 12.2 Å². The van der Waals surface area contributed by atoms with Gasteiger partial charge in [-0.1, -0.05) is 45.8 Å². The lowest BCUT2D eigenvalue weighted by molar-refractivity contribution is -0.144. The van der Waals surface area contributed by atoms with Crippen LogP contribution in [0.5, 0.6) is 0 Å². The van der Waals surface area contributed by atoms with Gasteiger partial charge in [-0.3, -0.25) is 4.79 Å². The second kappa shape index (κ2) is 8.73. The molecule has 1 N–H and O–H groups in total. The fraction of sp³-hybridized carbons (Fsp3) is 0.733. The van der Waals surface area contributed by atoms with E-state index in [-0.39, 0.29) is 5.91 Å². The van der Waals surface area contributed by atoms with Gasteiger partial charge in [0.15, 0.2) is 0 Å². The smallest absolute Gasteiger partial charge is 0.328 e. The van der Waals surface area contributed by atoms with E-state index in [1.165, 1.54) is 14.0 Å².